The number of likely N-dealkylation sites (tertiary alicyclic amines) is 1. The van der Waals surface area contributed by atoms with Crippen LogP contribution in [0.4, 0.5) is 10.1 Å². The van der Waals surface area contributed by atoms with Crippen LogP contribution >= 0.6 is 11.6 Å². The van der Waals surface area contributed by atoms with Gasteiger partial charge in [0.15, 0.2) is 0 Å². The number of hydrogen-bond acceptors (Lipinski definition) is 3. The van der Waals surface area contributed by atoms with Gasteiger partial charge in [0.2, 0.25) is 0 Å². The van der Waals surface area contributed by atoms with Gasteiger partial charge >= 0.3 is 0 Å². The minimum absolute atomic E-state index is 0.0441. The van der Waals surface area contributed by atoms with Gasteiger partial charge in [-0.3, -0.25) is 9.78 Å². The van der Waals surface area contributed by atoms with Crippen LogP contribution in [0.25, 0.3) is 10.9 Å². The van der Waals surface area contributed by atoms with Crippen LogP contribution in [0.2, 0.25) is 5.02 Å². The number of hydrogen-bond donors (Lipinski definition) is 1. The van der Waals surface area contributed by atoms with Crippen LogP contribution in [0.3, 0.4) is 0 Å². The van der Waals surface area contributed by atoms with E-state index in [-0.39, 0.29) is 11.7 Å². The fourth-order valence-corrected chi connectivity index (χ4v) is 3.89. The number of pyridine rings is 1. The molecule has 1 saturated heterocycles. The highest BCUT2D eigenvalue weighted by Gasteiger charge is 2.22. The molecule has 2 heterocycles. The number of amides is 1. The molecule has 1 fully saturated rings. The highest BCUT2D eigenvalue weighted by molar-refractivity contribution is 6.30. The summed E-state index contributed by atoms with van der Waals surface area (Å²) in [6.45, 7) is 2.12. The van der Waals surface area contributed by atoms with Gasteiger partial charge in [0, 0.05) is 36.2 Å². The Bertz CT molecular complexity index is 1020. The molecule has 0 bridgehead atoms. The van der Waals surface area contributed by atoms with Gasteiger partial charge in [0.25, 0.3) is 5.91 Å². The third-order valence-electron chi connectivity index (χ3n) is 5.33. The van der Waals surface area contributed by atoms with Crippen molar-refractivity contribution in [3.05, 3.63) is 70.6 Å². The number of aromatic nitrogens is 1. The lowest BCUT2D eigenvalue weighted by Crippen LogP contribution is -2.36. The van der Waals surface area contributed by atoms with Gasteiger partial charge in [-0.25, -0.2) is 4.39 Å². The topological polar surface area (TPSA) is 45.2 Å². The molecular weight excluding hydrogens is 389 g/mol. The molecule has 0 unspecified atom stereocenters. The van der Waals surface area contributed by atoms with Crippen molar-refractivity contribution in [2.45, 2.75) is 25.7 Å². The summed E-state index contributed by atoms with van der Waals surface area (Å²) < 4.78 is 14.0. The fraction of sp³-hybridized carbons (Fsp3) is 0.304. The van der Waals surface area contributed by atoms with Gasteiger partial charge in [0.1, 0.15) is 5.82 Å². The van der Waals surface area contributed by atoms with Crippen molar-refractivity contribution in [1.82, 2.24) is 9.88 Å². The van der Waals surface area contributed by atoms with Crippen molar-refractivity contribution in [1.29, 1.82) is 0 Å². The number of nitrogens with one attached hydrogen (secondary N) is 1. The Morgan fingerprint density at radius 3 is 2.62 bits per heavy atom. The van der Waals surface area contributed by atoms with Crippen LogP contribution in [-0.2, 0) is 6.42 Å². The van der Waals surface area contributed by atoms with Crippen LogP contribution < -0.4 is 5.32 Å². The largest absolute Gasteiger partial charge is 0.383 e. The lowest BCUT2D eigenvalue weighted by molar-refractivity contribution is 0.0725. The summed E-state index contributed by atoms with van der Waals surface area (Å²) in [6.07, 6.45) is 5.55. The molecule has 1 N–H and O–H groups in total. The number of piperidine rings is 1. The quantitative estimate of drug-likeness (QED) is 0.619. The van der Waals surface area contributed by atoms with Gasteiger partial charge < -0.3 is 10.2 Å². The molecule has 150 valence electrons. The number of rotatable bonds is 5. The molecule has 0 aliphatic carbocycles. The molecule has 6 heteroatoms. The standard InChI is InChI=1S/C23H23ClFN3O/c24-17-6-4-16(5-7-17)10-11-26-22-19-14-18(25)8-9-21(19)27-15-20(22)23(29)28-12-2-1-3-13-28/h4-9,14-15H,1-3,10-13H2,(H,26,27). The molecule has 0 atom stereocenters. The van der Waals surface area contributed by atoms with Crippen LogP contribution in [0.5, 0.6) is 0 Å². The van der Waals surface area contributed by atoms with Crippen LogP contribution in [0, 0.1) is 5.82 Å². The van der Waals surface area contributed by atoms with Crippen LogP contribution in [0.1, 0.15) is 35.2 Å². The predicted octanol–water partition coefficient (Wildman–Crippen LogP) is 5.31. The zero-order chi connectivity index (χ0) is 20.2. The first-order valence-electron chi connectivity index (χ1n) is 9.98. The number of carbonyl (C=O) groups is 1. The van der Waals surface area contributed by atoms with Gasteiger partial charge in [-0.15, -0.1) is 0 Å². The monoisotopic (exact) mass is 411 g/mol. The minimum atomic E-state index is -0.345. The molecule has 1 aliphatic rings. The smallest absolute Gasteiger partial charge is 0.257 e. The molecule has 3 aromatic rings. The highest BCUT2D eigenvalue weighted by atomic mass is 35.5. The normalized spacial score (nSPS) is 14.2. The number of carbonyl (C=O) groups excluding carboxylic acids is 1. The highest BCUT2D eigenvalue weighted by Crippen LogP contribution is 2.28. The summed E-state index contributed by atoms with van der Waals surface area (Å²) in [6, 6.07) is 12.2. The first-order valence-corrected chi connectivity index (χ1v) is 10.4. The van der Waals surface area contributed by atoms with Crippen LogP contribution in [-0.4, -0.2) is 35.4 Å². The minimum Gasteiger partial charge on any atom is -0.383 e. The molecule has 29 heavy (non-hydrogen) atoms. The SMILES string of the molecule is O=C(c1cnc2ccc(F)cc2c1NCCc1ccc(Cl)cc1)N1CCCCC1. The van der Waals surface area contributed by atoms with Gasteiger partial charge in [-0.05, 0) is 61.6 Å². The van der Waals surface area contributed by atoms with E-state index in [1.165, 1.54) is 12.1 Å². The molecule has 2 aromatic carbocycles. The summed E-state index contributed by atoms with van der Waals surface area (Å²) in [4.78, 5) is 19.4. The fourth-order valence-electron chi connectivity index (χ4n) is 3.77. The lowest BCUT2D eigenvalue weighted by Gasteiger charge is -2.27. The van der Waals surface area contributed by atoms with E-state index in [0.29, 0.717) is 33.7 Å². The van der Waals surface area contributed by atoms with E-state index < -0.39 is 0 Å². The number of nitrogens with zero attached hydrogens (tertiary/aromatic N) is 2. The second kappa shape index (κ2) is 8.78. The average molecular weight is 412 g/mol. The molecule has 1 aromatic heterocycles. The van der Waals surface area contributed by atoms with E-state index in [9.17, 15) is 9.18 Å². The predicted molar refractivity (Wildman–Crippen MR) is 115 cm³/mol. The van der Waals surface area contributed by atoms with Crippen LogP contribution in [0.15, 0.2) is 48.7 Å². The molecule has 0 radical (unpaired) electrons. The summed E-state index contributed by atoms with van der Waals surface area (Å²) in [5.41, 5.74) is 2.95. The Hall–Kier alpha value is -2.66. The Balaban J connectivity index is 1.63. The zero-order valence-corrected chi connectivity index (χ0v) is 16.9. The van der Waals surface area contributed by atoms with Crippen molar-refractivity contribution in [3.63, 3.8) is 0 Å². The van der Waals surface area contributed by atoms with E-state index in [2.05, 4.69) is 10.3 Å². The second-order valence-corrected chi connectivity index (χ2v) is 7.80. The lowest BCUT2D eigenvalue weighted by atomic mass is 10.1. The maximum atomic E-state index is 14.0. The zero-order valence-electron chi connectivity index (χ0n) is 16.1. The number of anilines is 1. The van der Waals surface area contributed by atoms with Crippen molar-refractivity contribution in [2.24, 2.45) is 0 Å². The Morgan fingerprint density at radius 1 is 1.10 bits per heavy atom. The number of halogens is 2. The molecule has 1 amide bonds. The molecule has 1 aliphatic heterocycles. The average Bonchev–Trinajstić information content (AvgIpc) is 2.75. The Kier molecular flexibility index (Phi) is 5.95. The summed E-state index contributed by atoms with van der Waals surface area (Å²) in [5.74, 6) is -0.389. The Labute approximate surface area is 174 Å². The first-order chi connectivity index (χ1) is 14.1. The Morgan fingerprint density at radius 2 is 1.86 bits per heavy atom. The van der Waals surface area contributed by atoms with Gasteiger partial charge in [-0.2, -0.15) is 0 Å². The van der Waals surface area contributed by atoms with E-state index in [1.54, 1.807) is 12.3 Å². The van der Waals surface area contributed by atoms with E-state index in [1.807, 2.05) is 29.2 Å². The van der Waals surface area contributed by atoms with E-state index in [4.69, 9.17) is 11.6 Å². The van der Waals surface area contributed by atoms with E-state index >= 15 is 0 Å². The second-order valence-electron chi connectivity index (χ2n) is 7.36. The maximum absolute atomic E-state index is 14.0. The van der Waals surface area contributed by atoms with Crippen molar-refractivity contribution >= 4 is 34.1 Å². The third kappa shape index (κ3) is 4.51. The number of benzene rings is 2. The summed E-state index contributed by atoms with van der Waals surface area (Å²) >= 11 is 5.95. The maximum Gasteiger partial charge on any atom is 0.257 e. The van der Waals surface area contributed by atoms with Crippen molar-refractivity contribution < 1.29 is 9.18 Å². The van der Waals surface area contributed by atoms with Gasteiger partial charge in [0.05, 0.1) is 16.8 Å². The third-order valence-corrected chi connectivity index (χ3v) is 5.58. The first kappa shape index (κ1) is 19.6. The molecule has 4 nitrogen and oxygen atoms in total. The summed E-state index contributed by atoms with van der Waals surface area (Å²) in [7, 11) is 0. The van der Waals surface area contributed by atoms with Gasteiger partial charge in [-0.1, -0.05) is 23.7 Å². The molecule has 4 rings (SSSR count). The van der Waals surface area contributed by atoms with Crippen molar-refractivity contribution in [2.75, 3.05) is 25.0 Å². The van der Waals surface area contributed by atoms with E-state index in [0.717, 1.165) is 44.3 Å². The summed E-state index contributed by atoms with van der Waals surface area (Å²) in [5, 5.41) is 4.71. The molecule has 0 spiro atoms. The molecule has 0 saturated carbocycles. The molecular formula is C23H23ClFN3O. The number of fused-ring (bicyclic) bond motifs is 1. The van der Waals surface area contributed by atoms with Crippen molar-refractivity contribution in [3.8, 4) is 0 Å².